The van der Waals surface area contributed by atoms with Gasteiger partial charge in [0.15, 0.2) is 0 Å². The van der Waals surface area contributed by atoms with Gasteiger partial charge in [0.05, 0.1) is 33.5 Å². The van der Waals surface area contributed by atoms with E-state index in [1.807, 2.05) is 0 Å². The van der Waals surface area contributed by atoms with Crippen molar-refractivity contribution in [3.8, 4) is 16.9 Å². The molecule has 1 heterocycles. The van der Waals surface area contributed by atoms with Crippen LogP contribution in [0.4, 0.5) is 5.69 Å². The molecule has 0 spiro atoms. The van der Waals surface area contributed by atoms with Crippen LogP contribution in [0.5, 0.6) is 5.75 Å². The molecule has 2 N–H and O–H groups in total. The number of hydrogen-bond donors (Lipinski definition) is 2. The summed E-state index contributed by atoms with van der Waals surface area (Å²) >= 11 is 6.58. The second-order valence-corrected chi connectivity index (χ2v) is 11.1. The van der Waals surface area contributed by atoms with Crippen LogP contribution in [0.25, 0.3) is 11.1 Å². The average Bonchev–Trinajstić information content (AvgIpc) is 3.37. The molecule has 2 aliphatic carbocycles. The van der Waals surface area contributed by atoms with Crippen LogP contribution in [-0.2, 0) is 10.0 Å². The molecule has 35 heavy (non-hydrogen) atoms. The quantitative estimate of drug-likeness (QED) is 0.376. The van der Waals surface area contributed by atoms with Crippen LogP contribution in [0.3, 0.4) is 0 Å². The number of carbonyl (C=O) groups is 1. The molecule has 0 amide bonds. The lowest BCUT2D eigenvalue weighted by atomic mass is 10.1. The molecular weight excluding hydrogens is 492 g/mol. The number of ether oxygens (including phenoxy) is 1. The highest BCUT2D eigenvalue weighted by Crippen LogP contribution is 2.45. The highest BCUT2D eigenvalue weighted by Gasteiger charge is 2.32. The minimum atomic E-state index is -4.15. The van der Waals surface area contributed by atoms with Gasteiger partial charge >= 0.3 is 5.97 Å². The first-order valence-electron chi connectivity index (χ1n) is 11.5. The van der Waals surface area contributed by atoms with Crippen LogP contribution in [0.2, 0.25) is 5.02 Å². The molecule has 2 fully saturated rings. The number of rotatable bonds is 8. The Hall–Kier alpha value is -3.04. The van der Waals surface area contributed by atoms with E-state index < -0.39 is 16.0 Å². The molecule has 5 rings (SSSR count). The minimum absolute atomic E-state index is 0.0325. The molecule has 0 atom stereocenters. The Morgan fingerprint density at radius 1 is 1.14 bits per heavy atom. The Bertz CT molecular complexity index is 1390. The number of aryl methyl sites for hydroxylation is 1. The van der Waals surface area contributed by atoms with E-state index in [1.54, 1.807) is 25.1 Å². The van der Waals surface area contributed by atoms with E-state index in [0.29, 0.717) is 33.2 Å². The summed E-state index contributed by atoms with van der Waals surface area (Å²) in [4.78, 5) is 11.5. The first-order valence-corrected chi connectivity index (χ1v) is 13.4. The molecule has 0 saturated heterocycles. The van der Waals surface area contributed by atoms with Crippen molar-refractivity contribution < 1.29 is 27.6 Å². The molecular formula is C25H25ClN2O6S. The minimum Gasteiger partial charge on any atom is -0.488 e. The van der Waals surface area contributed by atoms with Gasteiger partial charge in [-0.2, -0.15) is 0 Å². The van der Waals surface area contributed by atoms with E-state index in [4.69, 9.17) is 20.9 Å². The smallest absolute Gasteiger partial charge is 0.335 e. The number of aromatic nitrogens is 1. The van der Waals surface area contributed by atoms with Crippen LogP contribution in [0.15, 0.2) is 45.9 Å². The van der Waals surface area contributed by atoms with Crippen molar-refractivity contribution in [1.29, 1.82) is 0 Å². The predicted octanol–water partition coefficient (Wildman–Crippen LogP) is 6.00. The zero-order chi connectivity index (χ0) is 24.7. The number of nitrogens with zero attached hydrogens (tertiary/aromatic N) is 1. The fraction of sp³-hybridized carbons (Fsp3) is 0.360. The van der Waals surface area contributed by atoms with Gasteiger partial charge in [-0.25, -0.2) is 13.2 Å². The third-order valence-electron chi connectivity index (χ3n) is 6.52. The van der Waals surface area contributed by atoms with Gasteiger partial charge < -0.3 is 14.4 Å². The van der Waals surface area contributed by atoms with Gasteiger partial charge in [0, 0.05) is 17.2 Å². The van der Waals surface area contributed by atoms with Crippen molar-refractivity contribution in [3.05, 3.63) is 58.4 Å². The Kier molecular flexibility index (Phi) is 6.23. The van der Waals surface area contributed by atoms with Gasteiger partial charge in [-0.3, -0.25) is 4.72 Å². The fourth-order valence-electron chi connectivity index (χ4n) is 4.51. The zero-order valence-corrected chi connectivity index (χ0v) is 20.7. The van der Waals surface area contributed by atoms with Crippen molar-refractivity contribution in [3.63, 3.8) is 0 Å². The average molecular weight is 517 g/mol. The van der Waals surface area contributed by atoms with Crippen LogP contribution in [0, 0.1) is 6.92 Å². The topological polar surface area (TPSA) is 119 Å². The molecule has 0 unspecified atom stereocenters. The van der Waals surface area contributed by atoms with E-state index in [2.05, 4.69) is 9.88 Å². The van der Waals surface area contributed by atoms with E-state index in [9.17, 15) is 18.3 Å². The summed E-state index contributed by atoms with van der Waals surface area (Å²) in [5.74, 6) is -0.231. The highest BCUT2D eigenvalue weighted by molar-refractivity contribution is 7.92. The molecule has 2 saturated carbocycles. The monoisotopic (exact) mass is 516 g/mol. The largest absolute Gasteiger partial charge is 0.488 e. The van der Waals surface area contributed by atoms with Gasteiger partial charge in [0.2, 0.25) is 0 Å². The maximum atomic E-state index is 13.6. The SMILES string of the molecule is Cc1oncc1-c1cc(NS(=O)(=O)c2cc(C(=O)O)ccc2C2CC2)c(OC2CCCC2)cc1Cl. The lowest BCUT2D eigenvalue weighted by Gasteiger charge is -2.20. The van der Waals surface area contributed by atoms with Crippen LogP contribution in [-0.4, -0.2) is 30.8 Å². The molecule has 2 aliphatic rings. The summed E-state index contributed by atoms with van der Waals surface area (Å²) in [6.07, 6.45) is 7.06. The fourth-order valence-corrected chi connectivity index (χ4v) is 6.15. The van der Waals surface area contributed by atoms with E-state index in [1.165, 1.54) is 18.3 Å². The maximum Gasteiger partial charge on any atom is 0.335 e. The van der Waals surface area contributed by atoms with Gasteiger partial charge in [0.1, 0.15) is 11.5 Å². The second kappa shape index (κ2) is 9.20. The number of aromatic carboxylic acids is 1. The van der Waals surface area contributed by atoms with E-state index in [0.717, 1.165) is 38.5 Å². The number of halogens is 1. The summed E-state index contributed by atoms with van der Waals surface area (Å²) in [7, 11) is -4.15. The molecule has 184 valence electrons. The number of benzene rings is 2. The number of carboxylic acid groups (broad SMARTS) is 1. The molecule has 0 bridgehead atoms. The Balaban J connectivity index is 1.59. The number of sulfonamides is 1. The number of carboxylic acids is 1. The van der Waals surface area contributed by atoms with Crippen LogP contribution >= 0.6 is 11.6 Å². The van der Waals surface area contributed by atoms with Gasteiger partial charge in [-0.15, -0.1) is 0 Å². The van der Waals surface area contributed by atoms with Crippen molar-refractivity contribution in [2.45, 2.75) is 62.4 Å². The predicted molar refractivity (Wildman–Crippen MR) is 131 cm³/mol. The Morgan fingerprint density at radius 3 is 2.51 bits per heavy atom. The van der Waals surface area contributed by atoms with Gasteiger partial charge in [-0.1, -0.05) is 22.8 Å². The van der Waals surface area contributed by atoms with Crippen molar-refractivity contribution in [2.75, 3.05) is 4.72 Å². The summed E-state index contributed by atoms with van der Waals surface area (Å²) in [5, 5.41) is 13.6. The van der Waals surface area contributed by atoms with Crippen molar-refractivity contribution in [2.24, 2.45) is 0 Å². The second-order valence-electron chi connectivity index (χ2n) is 9.09. The molecule has 1 aromatic heterocycles. The highest BCUT2D eigenvalue weighted by atomic mass is 35.5. The number of nitrogens with one attached hydrogen (secondary N) is 1. The molecule has 2 aromatic carbocycles. The molecule has 0 aliphatic heterocycles. The molecule has 10 heteroatoms. The summed E-state index contributed by atoms with van der Waals surface area (Å²) < 4.78 is 41.3. The normalized spacial score (nSPS) is 16.4. The Morgan fingerprint density at radius 2 is 1.89 bits per heavy atom. The first-order chi connectivity index (χ1) is 16.7. The van der Waals surface area contributed by atoms with Crippen molar-refractivity contribution >= 4 is 33.3 Å². The van der Waals surface area contributed by atoms with Crippen LogP contribution in [0.1, 0.15) is 66.1 Å². The number of anilines is 1. The third kappa shape index (κ3) is 4.88. The Labute approximate surface area is 208 Å². The summed E-state index contributed by atoms with van der Waals surface area (Å²) in [6.45, 7) is 1.74. The molecule has 8 nitrogen and oxygen atoms in total. The van der Waals surface area contributed by atoms with Gasteiger partial charge in [0.25, 0.3) is 10.0 Å². The van der Waals surface area contributed by atoms with E-state index >= 15 is 0 Å². The van der Waals surface area contributed by atoms with E-state index in [-0.39, 0.29) is 28.2 Å². The zero-order valence-electron chi connectivity index (χ0n) is 19.1. The third-order valence-corrected chi connectivity index (χ3v) is 8.25. The van der Waals surface area contributed by atoms with Gasteiger partial charge in [-0.05, 0) is 75.1 Å². The maximum absolute atomic E-state index is 13.6. The lowest BCUT2D eigenvalue weighted by molar-refractivity contribution is 0.0696. The standard InChI is InChI=1S/C25H25ClN2O6S/c1-14-20(13-27-34-14)19-11-22(23(12-21(19)26)33-17-4-2-3-5-17)28-35(31,32)24-10-16(25(29)30)8-9-18(24)15-6-7-15/h8-13,15,17,28H,2-7H2,1H3,(H,29,30). The molecule has 3 aromatic rings. The molecule has 0 radical (unpaired) electrons. The first kappa shape index (κ1) is 23.7. The van der Waals surface area contributed by atoms with Crippen LogP contribution < -0.4 is 9.46 Å². The summed E-state index contributed by atoms with van der Waals surface area (Å²) in [6, 6.07) is 7.48. The van der Waals surface area contributed by atoms with Crippen molar-refractivity contribution in [1.82, 2.24) is 5.16 Å². The lowest BCUT2D eigenvalue weighted by Crippen LogP contribution is -2.18. The summed E-state index contributed by atoms with van der Waals surface area (Å²) in [5.41, 5.74) is 1.93. The number of hydrogen-bond acceptors (Lipinski definition) is 6.